The molecule has 0 atom stereocenters. The van der Waals surface area contributed by atoms with Crippen LogP contribution in [0.25, 0.3) is 0 Å². The van der Waals surface area contributed by atoms with Crippen LogP contribution in [0.15, 0.2) is 14.4 Å². The van der Waals surface area contributed by atoms with Gasteiger partial charge in [0, 0.05) is 45.5 Å². The number of carboxylic acids is 2. The van der Waals surface area contributed by atoms with Crippen LogP contribution in [0.2, 0.25) is 6.04 Å². The zero-order chi connectivity index (χ0) is 24.3. The second-order valence-corrected chi connectivity index (χ2v) is 9.41. The molecule has 14 heteroatoms. The lowest BCUT2D eigenvalue weighted by Crippen LogP contribution is -2.55. The van der Waals surface area contributed by atoms with E-state index in [9.17, 15) is 24.0 Å². The largest absolute Gasteiger partial charge is 0.500 e. The molecule has 2 N–H and O–H groups in total. The zero-order valence-corrected chi connectivity index (χ0v) is 19.6. The smallest absolute Gasteiger partial charge is 0.481 e. The molecule has 0 spiro atoms. The van der Waals surface area contributed by atoms with Crippen molar-refractivity contribution in [2.24, 2.45) is 0 Å². The van der Waals surface area contributed by atoms with Crippen LogP contribution in [0.1, 0.15) is 40.0 Å². The van der Waals surface area contributed by atoms with Gasteiger partial charge in [-0.2, -0.15) is 0 Å². The highest BCUT2D eigenvalue weighted by molar-refractivity contribution is 6.60. The molecule has 0 aliphatic rings. The number of hydrogen-bond acceptors (Lipinski definition) is 8. The highest BCUT2D eigenvalue weighted by atomic mass is 28.4. The summed E-state index contributed by atoms with van der Waals surface area (Å²) < 4.78 is 19.3. The fraction of sp³-hybridized carbons (Fsp3) is 0.722. The van der Waals surface area contributed by atoms with Gasteiger partial charge in [-0.1, -0.05) is 0 Å². The molecule has 0 radical (unpaired) electrons. The normalized spacial score (nSPS) is 11.6. The predicted octanol–water partition coefficient (Wildman–Crippen LogP) is -0.440. The van der Waals surface area contributed by atoms with Gasteiger partial charge in [0.25, 0.3) is 0 Å². The Kier molecular flexibility index (Phi) is 11.2. The lowest BCUT2D eigenvalue weighted by molar-refractivity contribution is -0.138. The molecule has 0 unspecified atom stereocenters. The molecule has 32 heavy (non-hydrogen) atoms. The van der Waals surface area contributed by atoms with E-state index in [1.165, 1.54) is 0 Å². The predicted molar refractivity (Wildman–Crippen MR) is 114 cm³/mol. The molecule has 0 aromatic carbocycles. The second kappa shape index (κ2) is 13.1. The Labute approximate surface area is 185 Å². The molecule has 13 nitrogen and oxygen atoms in total. The Hall–Kier alpha value is -2.55. The van der Waals surface area contributed by atoms with Gasteiger partial charge in [-0.05, 0) is 27.2 Å². The minimum atomic E-state index is -3.03. The molecule has 1 rings (SSSR count). The molecule has 0 saturated carbocycles. The first-order valence-electron chi connectivity index (χ1n) is 10.4. The number of hydrogen-bond donors (Lipinski definition) is 2. The lowest BCUT2D eigenvalue weighted by Gasteiger charge is -2.28. The summed E-state index contributed by atoms with van der Waals surface area (Å²) in [6, 6.07) is 0.303. The zero-order valence-electron chi connectivity index (χ0n) is 18.6. The summed E-state index contributed by atoms with van der Waals surface area (Å²) in [7, 11) is -3.03. The van der Waals surface area contributed by atoms with E-state index in [2.05, 4.69) is 0 Å². The van der Waals surface area contributed by atoms with Crippen LogP contribution in [-0.4, -0.2) is 64.5 Å². The van der Waals surface area contributed by atoms with E-state index >= 15 is 0 Å². The third kappa shape index (κ3) is 7.54. The molecule has 0 bridgehead atoms. The van der Waals surface area contributed by atoms with E-state index in [1.807, 2.05) is 0 Å². The molecule has 1 aromatic heterocycles. The maximum atomic E-state index is 12.8. The molecule has 1 aromatic rings. The number of rotatable bonds is 16. The molecular formula is C18H31N3O10Si. The van der Waals surface area contributed by atoms with Crippen LogP contribution in [0.4, 0.5) is 0 Å². The van der Waals surface area contributed by atoms with Crippen molar-refractivity contribution >= 4 is 20.7 Å². The Morgan fingerprint density at radius 3 is 1.38 bits per heavy atom. The number of nitrogens with zero attached hydrogens (tertiary/aromatic N) is 3. The number of aliphatic carboxylic acids is 2. The van der Waals surface area contributed by atoms with Gasteiger partial charge >= 0.3 is 37.8 Å². The van der Waals surface area contributed by atoms with E-state index in [-0.39, 0.29) is 13.0 Å². The van der Waals surface area contributed by atoms with E-state index in [4.69, 9.17) is 23.5 Å². The third-order valence-corrected chi connectivity index (χ3v) is 7.59. The summed E-state index contributed by atoms with van der Waals surface area (Å²) in [4.78, 5) is 59.9. The van der Waals surface area contributed by atoms with E-state index in [0.717, 1.165) is 4.57 Å². The minimum absolute atomic E-state index is 0.111. The maximum absolute atomic E-state index is 12.8. The van der Waals surface area contributed by atoms with Gasteiger partial charge in [-0.3, -0.25) is 9.59 Å². The highest BCUT2D eigenvalue weighted by Crippen LogP contribution is 2.18. The molecule has 182 valence electrons. The molecule has 0 aliphatic heterocycles. The van der Waals surface area contributed by atoms with Gasteiger partial charge in [0.15, 0.2) is 0 Å². The fourth-order valence-corrected chi connectivity index (χ4v) is 5.72. The van der Waals surface area contributed by atoms with E-state index in [0.29, 0.717) is 35.0 Å². The molecule has 1 heterocycles. The fourth-order valence-electron chi connectivity index (χ4n) is 3.13. The van der Waals surface area contributed by atoms with Crippen LogP contribution in [0.5, 0.6) is 0 Å². The van der Waals surface area contributed by atoms with Crippen LogP contribution >= 0.6 is 0 Å². The Balaban J connectivity index is 3.30. The van der Waals surface area contributed by atoms with E-state index in [1.54, 1.807) is 20.8 Å². The quantitative estimate of drug-likeness (QED) is 0.298. The van der Waals surface area contributed by atoms with Crippen LogP contribution in [0, 0.1) is 0 Å². The van der Waals surface area contributed by atoms with Crippen molar-refractivity contribution in [3.05, 3.63) is 31.5 Å². The summed E-state index contributed by atoms with van der Waals surface area (Å²) >= 11 is 0. The van der Waals surface area contributed by atoms with Gasteiger partial charge in [0.05, 0.1) is 12.8 Å². The monoisotopic (exact) mass is 477 g/mol. The Morgan fingerprint density at radius 2 is 1.06 bits per heavy atom. The van der Waals surface area contributed by atoms with Gasteiger partial charge in [0.1, 0.15) is 0 Å². The first-order chi connectivity index (χ1) is 15.1. The van der Waals surface area contributed by atoms with Gasteiger partial charge in [0.2, 0.25) is 0 Å². The molecular weight excluding hydrogens is 446 g/mol. The van der Waals surface area contributed by atoms with Crippen molar-refractivity contribution in [1.29, 1.82) is 0 Å². The molecule has 0 amide bonds. The summed E-state index contributed by atoms with van der Waals surface area (Å²) in [6.45, 7) is 5.44. The van der Waals surface area contributed by atoms with Gasteiger partial charge in [-0.15, -0.1) is 0 Å². The number of carbonyl (C=O) groups is 2. The maximum Gasteiger partial charge on any atom is 0.500 e. The van der Waals surface area contributed by atoms with Crippen molar-refractivity contribution in [1.82, 2.24) is 13.7 Å². The van der Waals surface area contributed by atoms with Crippen LogP contribution in [0.3, 0.4) is 0 Å². The Bertz CT molecular complexity index is 879. The minimum Gasteiger partial charge on any atom is -0.481 e. The number of carboxylic acid groups (broad SMARTS) is 2. The summed E-state index contributed by atoms with van der Waals surface area (Å²) in [5, 5.41) is 17.8. The molecule has 0 aliphatic carbocycles. The summed E-state index contributed by atoms with van der Waals surface area (Å²) in [5.41, 5.74) is -2.95. The summed E-state index contributed by atoms with van der Waals surface area (Å²) in [5.74, 6) is -2.46. The standard InChI is InChI=1S/C18H31N3O10Si/c1-4-29-32(30-5-2,31-6-3)13-7-10-19-16(26)20(11-8-14(22)23)18(28)21(17(19)27)12-9-15(24)25/h4-13H2,1-3H3,(H,22,23)(H,24,25). The van der Waals surface area contributed by atoms with Crippen molar-refractivity contribution in [2.75, 3.05) is 19.8 Å². The highest BCUT2D eigenvalue weighted by Gasteiger charge is 2.39. The second-order valence-electron chi connectivity index (χ2n) is 6.68. The van der Waals surface area contributed by atoms with Crippen molar-refractivity contribution < 1.29 is 33.1 Å². The van der Waals surface area contributed by atoms with Gasteiger partial charge < -0.3 is 23.5 Å². The molecule has 0 fully saturated rings. The topological polar surface area (TPSA) is 168 Å². The number of aromatic nitrogens is 3. The molecule has 0 saturated heterocycles. The third-order valence-electron chi connectivity index (χ3n) is 4.44. The Morgan fingerprint density at radius 1 is 0.719 bits per heavy atom. The van der Waals surface area contributed by atoms with Crippen LogP contribution in [-0.2, 0) is 42.5 Å². The van der Waals surface area contributed by atoms with Crippen molar-refractivity contribution in [2.45, 2.75) is 65.7 Å². The van der Waals surface area contributed by atoms with Gasteiger partial charge in [-0.25, -0.2) is 28.1 Å². The SMILES string of the molecule is CCO[Si](CCCn1c(=O)n(CCC(=O)O)c(=O)n(CCC(=O)O)c1=O)(OCC)OCC. The van der Waals surface area contributed by atoms with Crippen molar-refractivity contribution in [3.8, 4) is 0 Å². The van der Waals surface area contributed by atoms with Crippen molar-refractivity contribution in [3.63, 3.8) is 0 Å². The summed E-state index contributed by atoms with van der Waals surface area (Å²) in [6.07, 6.45) is -0.778. The first-order valence-corrected chi connectivity index (χ1v) is 12.4. The first kappa shape index (κ1) is 27.5. The average Bonchev–Trinajstić information content (AvgIpc) is 2.70. The average molecular weight is 478 g/mol. The van der Waals surface area contributed by atoms with E-state index < -0.39 is 63.7 Å². The van der Waals surface area contributed by atoms with Crippen LogP contribution < -0.4 is 17.1 Å². The lowest BCUT2D eigenvalue weighted by atomic mass is 10.4.